The van der Waals surface area contributed by atoms with Crippen molar-refractivity contribution in [3.8, 4) is 0 Å². The van der Waals surface area contributed by atoms with Crippen LogP contribution in [-0.2, 0) is 0 Å². The summed E-state index contributed by atoms with van der Waals surface area (Å²) in [6.07, 6.45) is 6.44. The van der Waals surface area contributed by atoms with Crippen LogP contribution < -0.4 is 5.32 Å². The lowest BCUT2D eigenvalue weighted by atomic mass is 9.84. The van der Waals surface area contributed by atoms with E-state index in [1.807, 2.05) is 18.2 Å². The van der Waals surface area contributed by atoms with Crippen LogP contribution >= 0.6 is 23.2 Å². The van der Waals surface area contributed by atoms with Crippen molar-refractivity contribution in [2.45, 2.75) is 45.1 Å². The van der Waals surface area contributed by atoms with Crippen LogP contribution in [0.5, 0.6) is 0 Å². The summed E-state index contributed by atoms with van der Waals surface area (Å²) in [5.41, 5.74) is 0.971. The van der Waals surface area contributed by atoms with E-state index in [1.54, 1.807) is 0 Å². The fourth-order valence-electron chi connectivity index (χ4n) is 2.55. The molecule has 0 aromatic heterocycles. The lowest BCUT2D eigenvalue weighted by molar-refractivity contribution is 0.330. The van der Waals surface area contributed by atoms with Crippen molar-refractivity contribution in [3.05, 3.63) is 28.2 Å². The Hall–Kier alpha value is -0.400. The molecule has 1 saturated carbocycles. The van der Waals surface area contributed by atoms with Crippen molar-refractivity contribution in [2.75, 3.05) is 5.32 Å². The largest absolute Gasteiger partial charge is 0.381 e. The number of halogens is 2. The van der Waals surface area contributed by atoms with E-state index in [4.69, 9.17) is 23.2 Å². The van der Waals surface area contributed by atoms with Gasteiger partial charge in [-0.2, -0.15) is 0 Å². The topological polar surface area (TPSA) is 12.0 Å². The van der Waals surface area contributed by atoms with Gasteiger partial charge in [0.05, 0.1) is 15.7 Å². The predicted molar refractivity (Wildman–Crippen MR) is 76.1 cm³/mol. The summed E-state index contributed by atoms with van der Waals surface area (Å²) in [6, 6.07) is 6.31. The zero-order valence-electron chi connectivity index (χ0n) is 10.2. The lowest BCUT2D eigenvalue weighted by Crippen LogP contribution is -2.26. The van der Waals surface area contributed by atoms with Crippen molar-refractivity contribution < 1.29 is 0 Å². The molecule has 0 saturated heterocycles. The van der Waals surface area contributed by atoms with E-state index < -0.39 is 0 Å². The number of rotatable bonds is 3. The fourth-order valence-corrected chi connectivity index (χ4v) is 2.91. The third kappa shape index (κ3) is 3.29. The first-order valence-corrected chi connectivity index (χ1v) is 7.16. The molecule has 0 atom stereocenters. The van der Waals surface area contributed by atoms with Crippen molar-refractivity contribution in [1.29, 1.82) is 0 Å². The monoisotopic (exact) mass is 271 g/mol. The molecule has 0 heterocycles. The quantitative estimate of drug-likeness (QED) is 0.779. The Bertz CT molecular complexity index is 370. The Morgan fingerprint density at radius 3 is 2.53 bits per heavy atom. The summed E-state index contributed by atoms with van der Waals surface area (Å²) in [6.45, 7) is 2.28. The Morgan fingerprint density at radius 2 is 1.88 bits per heavy atom. The Balaban J connectivity index is 1.95. The van der Waals surface area contributed by atoms with Crippen LogP contribution in [0.2, 0.25) is 10.0 Å². The van der Waals surface area contributed by atoms with Gasteiger partial charge in [-0.1, -0.05) is 42.6 Å². The van der Waals surface area contributed by atoms with Crippen LogP contribution in [0.3, 0.4) is 0 Å². The second kappa shape index (κ2) is 5.97. The molecule has 1 N–H and O–H groups in total. The maximum absolute atomic E-state index is 6.17. The van der Waals surface area contributed by atoms with Crippen LogP contribution in [0.1, 0.15) is 39.0 Å². The van der Waals surface area contributed by atoms with Crippen molar-refractivity contribution in [1.82, 2.24) is 0 Å². The predicted octanol–water partition coefficient (Wildman–Crippen LogP) is 5.37. The van der Waals surface area contributed by atoms with Gasteiger partial charge in [0, 0.05) is 6.04 Å². The van der Waals surface area contributed by atoms with Gasteiger partial charge < -0.3 is 5.32 Å². The van der Waals surface area contributed by atoms with Gasteiger partial charge in [0.1, 0.15) is 0 Å². The molecule has 2 rings (SSSR count). The fraction of sp³-hybridized carbons (Fsp3) is 0.571. The first-order valence-electron chi connectivity index (χ1n) is 6.41. The first-order chi connectivity index (χ1) is 8.20. The third-order valence-corrected chi connectivity index (χ3v) is 4.55. The highest BCUT2D eigenvalue weighted by Crippen LogP contribution is 2.33. The van der Waals surface area contributed by atoms with Crippen LogP contribution in [0.4, 0.5) is 5.69 Å². The molecule has 17 heavy (non-hydrogen) atoms. The summed E-state index contributed by atoms with van der Waals surface area (Å²) >= 11 is 12.2. The highest BCUT2D eigenvalue weighted by atomic mass is 35.5. The normalized spacial score (nSPS) is 24.6. The highest BCUT2D eigenvalue weighted by molar-refractivity contribution is 6.43. The summed E-state index contributed by atoms with van der Waals surface area (Å²) in [4.78, 5) is 0. The van der Waals surface area contributed by atoms with Gasteiger partial charge >= 0.3 is 0 Å². The Labute approximate surface area is 114 Å². The summed E-state index contributed by atoms with van der Waals surface area (Å²) in [7, 11) is 0. The molecule has 0 aliphatic heterocycles. The molecule has 1 aromatic rings. The van der Waals surface area contributed by atoms with Gasteiger partial charge in [-0.25, -0.2) is 0 Å². The van der Waals surface area contributed by atoms with Crippen LogP contribution in [0.15, 0.2) is 18.2 Å². The zero-order valence-corrected chi connectivity index (χ0v) is 11.7. The molecule has 1 fully saturated rings. The molecule has 1 nitrogen and oxygen atoms in total. The van der Waals surface area contributed by atoms with E-state index in [0.29, 0.717) is 16.1 Å². The number of hydrogen-bond acceptors (Lipinski definition) is 1. The van der Waals surface area contributed by atoms with Gasteiger partial charge in [0.25, 0.3) is 0 Å². The maximum Gasteiger partial charge on any atom is 0.0823 e. The second-order valence-corrected chi connectivity index (χ2v) is 5.66. The maximum atomic E-state index is 6.17. The van der Waals surface area contributed by atoms with E-state index in [-0.39, 0.29) is 0 Å². The van der Waals surface area contributed by atoms with Crippen molar-refractivity contribution in [3.63, 3.8) is 0 Å². The van der Waals surface area contributed by atoms with Crippen LogP contribution in [0, 0.1) is 5.92 Å². The average Bonchev–Trinajstić information content (AvgIpc) is 2.36. The molecule has 94 valence electrons. The lowest BCUT2D eigenvalue weighted by Gasteiger charge is -2.29. The van der Waals surface area contributed by atoms with E-state index in [9.17, 15) is 0 Å². The molecule has 1 aromatic carbocycles. The van der Waals surface area contributed by atoms with Crippen molar-refractivity contribution >= 4 is 28.9 Å². The van der Waals surface area contributed by atoms with Crippen LogP contribution in [-0.4, -0.2) is 6.04 Å². The summed E-state index contributed by atoms with van der Waals surface area (Å²) in [5, 5.41) is 4.79. The third-order valence-electron chi connectivity index (χ3n) is 3.74. The molecule has 3 heteroatoms. The number of anilines is 1. The average molecular weight is 272 g/mol. The molecule has 0 amide bonds. The smallest absolute Gasteiger partial charge is 0.0823 e. The molecular formula is C14H19Cl2N. The van der Waals surface area contributed by atoms with Gasteiger partial charge in [-0.05, 0) is 43.7 Å². The minimum Gasteiger partial charge on any atom is -0.381 e. The number of benzene rings is 1. The first kappa shape index (κ1) is 13.0. The molecule has 1 aliphatic rings. The minimum atomic E-state index is 0.550. The highest BCUT2D eigenvalue weighted by Gasteiger charge is 2.20. The van der Waals surface area contributed by atoms with Gasteiger partial charge in [0.15, 0.2) is 0 Å². The van der Waals surface area contributed by atoms with Gasteiger partial charge in [-0.3, -0.25) is 0 Å². The molecule has 1 aliphatic carbocycles. The van der Waals surface area contributed by atoms with Gasteiger partial charge in [-0.15, -0.1) is 0 Å². The Kier molecular flexibility index (Phi) is 4.58. The van der Waals surface area contributed by atoms with Crippen LogP contribution in [0.25, 0.3) is 0 Å². The zero-order chi connectivity index (χ0) is 12.3. The minimum absolute atomic E-state index is 0.550. The van der Waals surface area contributed by atoms with E-state index >= 15 is 0 Å². The molecule has 0 radical (unpaired) electrons. The molecule has 0 unspecified atom stereocenters. The van der Waals surface area contributed by atoms with E-state index in [0.717, 1.165) is 11.6 Å². The molecule has 0 spiro atoms. The summed E-state index contributed by atoms with van der Waals surface area (Å²) < 4.78 is 0. The SMILES string of the molecule is CCC1CCC(Nc2cccc(Cl)c2Cl)CC1. The Morgan fingerprint density at radius 1 is 1.18 bits per heavy atom. The number of hydrogen-bond donors (Lipinski definition) is 1. The summed E-state index contributed by atoms with van der Waals surface area (Å²) in [5.74, 6) is 0.919. The standard InChI is InChI=1S/C14H19Cl2N/c1-2-10-6-8-11(9-7-10)17-13-5-3-4-12(15)14(13)16/h3-5,10-11,17H,2,6-9H2,1H3. The van der Waals surface area contributed by atoms with E-state index in [1.165, 1.54) is 32.1 Å². The molecule has 0 bridgehead atoms. The van der Waals surface area contributed by atoms with Crippen molar-refractivity contribution in [2.24, 2.45) is 5.92 Å². The number of nitrogens with one attached hydrogen (secondary N) is 1. The molecular weight excluding hydrogens is 253 g/mol. The second-order valence-electron chi connectivity index (χ2n) is 4.87. The van der Waals surface area contributed by atoms with Gasteiger partial charge in [0.2, 0.25) is 0 Å². The van der Waals surface area contributed by atoms with E-state index in [2.05, 4.69) is 12.2 Å².